The third kappa shape index (κ3) is 4.79. The third-order valence-corrected chi connectivity index (χ3v) is 4.72. The number of nitrogens with one attached hydrogen (secondary N) is 2. The van der Waals surface area contributed by atoms with Gasteiger partial charge in [-0.15, -0.1) is 0 Å². The van der Waals surface area contributed by atoms with E-state index in [0.717, 1.165) is 18.5 Å². The maximum atomic E-state index is 12.7. The van der Waals surface area contributed by atoms with E-state index in [9.17, 15) is 14.4 Å². The maximum Gasteiger partial charge on any atom is 0.287 e. The second-order valence-corrected chi connectivity index (χ2v) is 7.28. The van der Waals surface area contributed by atoms with E-state index in [1.807, 2.05) is 36.9 Å². The molecule has 1 aromatic carbocycles. The quantitative estimate of drug-likeness (QED) is 0.769. The van der Waals surface area contributed by atoms with E-state index in [-0.39, 0.29) is 23.5 Å². The van der Waals surface area contributed by atoms with E-state index in [1.165, 1.54) is 6.26 Å². The van der Waals surface area contributed by atoms with Crippen LogP contribution >= 0.6 is 0 Å². The molecule has 3 rings (SSSR count). The molecule has 7 heteroatoms. The summed E-state index contributed by atoms with van der Waals surface area (Å²) < 4.78 is 5.09. The fourth-order valence-corrected chi connectivity index (χ4v) is 3.21. The average molecular weight is 383 g/mol. The number of rotatable bonds is 7. The number of benzene rings is 1. The lowest BCUT2D eigenvalue weighted by atomic mass is 10.0. The van der Waals surface area contributed by atoms with Gasteiger partial charge in [-0.2, -0.15) is 0 Å². The molecule has 0 aliphatic carbocycles. The van der Waals surface area contributed by atoms with Gasteiger partial charge in [0.1, 0.15) is 6.04 Å². The zero-order chi connectivity index (χ0) is 20.1. The average Bonchev–Trinajstić information content (AvgIpc) is 3.32. The number of carbonyl (C=O) groups excluding carboxylic acids is 3. The molecule has 2 heterocycles. The van der Waals surface area contributed by atoms with Crippen molar-refractivity contribution in [3.63, 3.8) is 0 Å². The van der Waals surface area contributed by atoms with Gasteiger partial charge in [-0.1, -0.05) is 26.0 Å². The van der Waals surface area contributed by atoms with Gasteiger partial charge in [0.05, 0.1) is 6.26 Å². The Bertz CT molecular complexity index is 845. The number of hydrogen-bond acceptors (Lipinski definition) is 4. The SMILES string of the molecule is CC(C)[C@@H](NC(=O)c1ccco1)C(=O)Nc1cccc(CN2CCCC2=O)c1. The minimum Gasteiger partial charge on any atom is -0.459 e. The van der Waals surface area contributed by atoms with Crippen molar-refractivity contribution in [1.82, 2.24) is 10.2 Å². The topological polar surface area (TPSA) is 91.7 Å². The number of nitrogens with zero attached hydrogens (tertiary/aromatic N) is 1. The Morgan fingerprint density at radius 3 is 2.68 bits per heavy atom. The molecule has 0 spiro atoms. The number of likely N-dealkylation sites (tertiary alicyclic amines) is 1. The van der Waals surface area contributed by atoms with E-state index in [0.29, 0.717) is 18.7 Å². The first kappa shape index (κ1) is 19.7. The van der Waals surface area contributed by atoms with Crippen molar-refractivity contribution in [2.24, 2.45) is 5.92 Å². The van der Waals surface area contributed by atoms with Gasteiger partial charge in [0.2, 0.25) is 11.8 Å². The second kappa shape index (κ2) is 8.73. The highest BCUT2D eigenvalue weighted by Gasteiger charge is 2.26. The predicted octanol–water partition coefficient (Wildman–Crippen LogP) is 2.80. The minimum atomic E-state index is -0.707. The fourth-order valence-electron chi connectivity index (χ4n) is 3.21. The van der Waals surface area contributed by atoms with Crippen LogP contribution in [-0.4, -0.2) is 35.2 Å². The Morgan fingerprint density at radius 1 is 1.21 bits per heavy atom. The van der Waals surface area contributed by atoms with Gasteiger partial charge in [0.15, 0.2) is 5.76 Å². The predicted molar refractivity (Wildman–Crippen MR) is 105 cm³/mol. The normalized spacial score (nSPS) is 15.0. The minimum absolute atomic E-state index is 0.107. The summed E-state index contributed by atoms with van der Waals surface area (Å²) in [5, 5.41) is 5.58. The van der Waals surface area contributed by atoms with Crippen LogP contribution in [0.4, 0.5) is 5.69 Å². The van der Waals surface area contributed by atoms with Crippen molar-refractivity contribution in [2.75, 3.05) is 11.9 Å². The molecule has 1 saturated heterocycles. The van der Waals surface area contributed by atoms with Crippen LogP contribution in [0.15, 0.2) is 47.1 Å². The van der Waals surface area contributed by atoms with E-state index in [4.69, 9.17) is 4.42 Å². The van der Waals surface area contributed by atoms with E-state index >= 15 is 0 Å². The summed E-state index contributed by atoms with van der Waals surface area (Å²) in [6, 6.07) is 9.89. The molecule has 1 aromatic heterocycles. The van der Waals surface area contributed by atoms with Crippen LogP contribution in [-0.2, 0) is 16.1 Å². The highest BCUT2D eigenvalue weighted by molar-refractivity contribution is 6.00. The Morgan fingerprint density at radius 2 is 2.04 bits per heavy atom. The van der Waals surface area contributed by atoms with Crippen LogP contribution in [0.3, 0.4) is 0 Å². The van der Waals surface area contributed by atoms with E-state index < -0.39 is 11.9 Å². The molecule has 0 saturated carbocycles. The lowest BCUT2D eigenvalue weighted by Crippen LogP contribution is -2.47. The van der Waals surface area contributed by atoms with Gasteiger partial charge < -0.3 is 20.0 Å². The lowest BCUT2D eigenvalue weighted by molar-refractivity contribution is -0.128. The van der Waals surface area contributed by atoms with Gasteiger partial charge in [0, 0.05) is 25.2 Å². The molecule has 2 N–H and O–H groups in total. The van der Waals surface area contributed by atoms with Crippen molar-refractivity contribution < 1.29 is 18.8 Å². The largest absolute Gasteiger partial charge is 0.459 e. The Labute approximate surface area is 164 Å². The fraction of sp³-hybridized carbons (Fsp3) is 0.381. The van der Waals surface area contributed by atoms with E-state index in [1.54, 1.807) is 18.2 Å². The highest BCUT2D eigenvalue weighted by Crippen LogP contribution is 2.18. The van der Waals surface area contributed by atoms with Crippen molar-refractivity contribution in [1.29, 1.82) is 0 Å². The zero-order valence-electron chi connectivity index (χ0n) is 16.1. The number of anilines is 1. The summed E-state index contributed by atoms with van der Waals surface area (Å²) in [4.78, 5) is 38.6. The molecule has 0 unspecified atom stereocenters. The number of furan rings is 1. The zero-order valence-corrected chi connectivity index (χ0v) is 16.1. The maximum absolute atomic E-state index is 12.7. The molecule has 7 nitrogen and oxygen atoms in total. The van der Waals surface area contributed by atoms with Gasteiger partial charge in [-0.3, -0.25) is 14.4 Å². The standard InChI is InChI=1S/C21H25N3O4/c1-14(2)19(23-20(26)17-8-5-11-28-17)21(27)22-16-7-3-6-15(12-16)13-24-10-4-9-18(24)25/h3,5-8,11-12,14,19H,4,9-10,13H2,1-2H3,(H,22,27)(H,23,26)/t19-/m1/s1. The Hall–Kier alpha value is -3.09. The molecule has 28 heavy (non-hydrogen) atoms. The number of hydrogen-bond donors (Lipinski definition) is 2. The molecule has 0 bridgehead atoms. The summed E-state index contributed by atoms with van der Waals surface area (Å²) in [6.07, 6.45) is 2.90. The summed E-state index contributed by atoms with van der Waals surface area (Å²) in [6.45, 7) is 5.03. The van der Waals surface area contributed by atoms with Crippen LogP contribution in [0.2, 0.25) is 0 Å². The van der Waals surface area contributed by atoms with E-state index in [2.05, 4.69) is 10.6 Å². The lowest BCUT2D eigenvalue weighted by Gasteiger charge is -2.21. The summed E-state index contributed by atoms with van der Waals surface area (Å²) >= 11 is 0. The van der Waals surface area contributed by atoms with Gasteiger partial charge >= 0.3 is 0 Å². The highest BCUT2D eigenvalue weighted by atomic mass is 16.3. The molecule has 2 aromatic rings. The summed E-state index contributed by atoms with van der Waals surface area (Å²) in [5.41, 5.74) is 1.58. The molecule has 1 fully saturated rings. The summed E-state index contributed by atoms with van der Waals surface area (Å²) in [7, 11) is 0. The molecule has 3 amide bonds. The number of carbonyl (C=O) groups is 3. The third-order valence-electron chi connectivity index (χ3n) is 4.72. The molecule has 0 radical (unpaired) electrons. The van der Waals surface area contributed by atoms with Crippen LogP contribution in [0, 0.1) is 5.92 Å². The molecular weight excluding hydrogens is 358 g/mol. The first-order valence-corrected chi connectivity index (χ1v) is 9.46. The molecule has 1 aliphatic heterocycles. The monoisotopic (exact) mass is 383 g/mol. The number of amides is 3. The first-order chi connectivity index (χ1) is 13.4. The molecule has 148 valence electrons. The van der Waals surface area contributed by atoms with Crippen molar-refractivity contribution in [2.45, 2.75) is 39.3 Å². The Balaban J connectivity index is 1.65. The molecular formula is C21H25N3O4. The second-order valence-electron chi connectivity index (χ2n) is 7.28. The van der Waals surface area contributed by atoms with Gasteiger partial charge in [-0.25, -0.2) is 0 Å². The summed E-state index contributed by atoms with van der Waals surface area (Å²) in [5.74, 6) is -0.514. The Kier molecular flexibility index (Phi) is 6.13. The van der Waals surface area contributed by atoms with Gasteiger partial charge in [0.25, 0.3) is 5.91 Å². The van der Waals surface area contributed by atoms with Crippen LogP contribution in [0.1, 0.15) is 42.8 Å². The first-order valence-electron chi connectivity index (χ1n) is 9.46. The van der Waals surface area contributed by atoms with Crippen LogP contribution in [0.5, 0.6) is 0 Å². The van der Waals surface area contributed by atoms with Crippen LogP contribution in [0.25, 0.3) is 0 Å². The smallest absolute Gasteiger partial charge is 0.287 e. The van der Waals surface area contributed by atoms with Crippen molar-refractivity contribution in [3.8, 4) is 0 Å². The molecule has 1 aliphatic rings. The molecule has 1 atom stereocenters. The van der Waals surface area contributed by atoms with Gasteiger partial charge in [-0.05, 0) is 42.2 Å². The van der Waals surface area contributed by atoms with Crippen LogP contribution < -0.4 is 10.6 Å². The van der Waals surface area contributed by atoms with Crippen molar-refractivity contribution >= 4 is 23.4 Å². The van der Waals surface area contributed by atoms with Crippen molar-refractivity contribution in [3.05, 3.63) is 54.0 Å².